The molecule has 0 spiro atoms. The van der Waals surface area contributed by atoms with Gasteiger partial charge in [0.15, 0.2) is 0 Å². The Bertz CT molecular complexity index is 581. The van der Waals surface area contributed by atoms with E-state index in [9.17, 15) is 0 Å². The molecule has 0 amide bonds. The lowest BCUT2D eigenvalue weighted by atomic mass is 10.1. The van der Waals surface area contributed by atoms with Gasteiger partial charge >= 0.3 is 0 Å². The molecule has 0 aliphatic carbocycles. The van der Waals surface area contributed by atoms with Crippen LogP contribution in [0, 0.1) is 0 Å². The van der Waals surface area contributed by atoms with E-state index >= 15 is 0 Å². The van der Waals surface area contributed by atoms with Crippen molar-refractivity contribution in [3.8, 4) is 17.0 Å². The summed E-state index contributed by atoms with van der Waals surface area (Å²) in [6, 6.07) is 12.4. The second kappa shape index (κ2) is 5.31. The summed E-state index contributed by atoms with van der Waals surface area (Å²) < 4.78 is 5.74. The molecule has 3 rings (SSSR count). The Balaban J connectivity index is 1.96. The number of hydrogen-bond donors (Lipinski definition) is 1. The van der Waals surface area contributed by atoms with Crippen molar-refractivity contribution in [3.05, 3.63) is 42.0 Å². The Labute approximate surface area is 113 Å². The summed E-state index contributed by atoms with van der Waals surface area (Å²) in [5, 5.41) is 3.32. The third-order valence-electron chi connectivity index (χ3n) is 3.30. The lowest BCUT2D eigenvalue weighted by Gasteiger charge is -2.09. The molecule has 0 saturated carbocycles. The molecule has 3 nitrogen and oxygen atoms in total. The second-order valence-corrected chi connectivity index (χ2v) is 4.73. The smallest absolute Gasteiger partial charge is 0.132 e. The van der Waals surface area contributed by atoms with E-state index in [0.717, 1.165) is 48.8 Å². The van der Waals surface area contributed by atoms with E-state index < -0.39 is 0 Å². The molecule has 2 aromatic rings. The molecule has 1 aliphatic rings. The van der Waals surface area contributed by atoms with E-state index in [-0.39, 0.29) is 0 Å². The van der Waals surface area contributed by atoms with Gasteiger partial charge < -0.3 is 10.1 Å². The van der Waals surface area contributed by atoms with Crippen LogP contribution in [0.25, 0.3) is 11.3 Å². The molecule has 0 unspecified atom stereocenters. The van der Waals surface area contributed by atoms with Crippen molar-refractivity contribution in [2.24, 2.45) is 0 Å². The number of aromatic nitrogens is 1. The van der Waals surface area contributed by atoms with Crippen LogP contribution in [0.15, 0.2) is 36.4 Å². The minimum absolute atomic E-state index is 0.778. The summed E-state index contributed by atoms with van der Waals surface area (Å²) in [7, 11) is 0. The van der Waals surface area contributed by atoms with Gasteiger partial charge in [0.25, 0.3) is 0 Å². The molecule has 1 aliphatic heterocycles. The van der Waals surface area contributed by atoms with Gasteiger partial charge in [-0.15, -0.1) is 0 Å². The van der Waals surface area contributed by atoms with E-state index in [2.05, 4.69) is 35.4 Å². The summed E-state index contributed by atoms with van der Waals surface area (Å²) >= 11 is 0. The Morgan fingerprint density at radius 3 is 3.00 bits per heavy atom. The van der Waals surface area contributed by atoms with Gasteiger partial charge in [-0.3, -0.25) is 0 Å². The molecule has 1 aromatic heterocycles. The van der Waals surface area contributed by atoms with Crippen LogP contribution in [0.4, 0.5) is 5.82 Å². The molecule has 19 heavy (non-hydrogen) atoms. The van der Waals surface area contributed by atoms with E-state index in [1.54, 1.807) is 0 Å². The van der Waals surface area contributed by atoms with Crippen LogP contribution < -0.4 is 10.1 Å². The van der Waals surface area contributed by atoms with Crippen LogP contribution in [-0.4, -0.2) is 18.1 Å². The van der Waals surface area contributed by atoms with Crippen molar-refractivity contribution >= 4 is 5.82 Å². The minimum atomic E-state index is 0.778. The maximum Gasteiger partial charge on any atom is 0.132 e. The zero-order valence-electron chi connectivity index (χ0n) is 11.1. The van der Waals surface area contributed by atoms with E-state index in [1.807, 2.05) is 18.2 Å². The normalized spacial score (nSPS) is 12.9. The predicted molar refractivity (Wildman–Crippen MR) is 77.7 cm³/mol. The zero-order chi connectivity index (χ0) is 13.1. The van der Waals surface area contributed by atoms with Crippen molar-refractivity contribution in [1.82, 2.24) is 4.98 Å². The van der Waals surface area contributed by atoms with Crippen LogP contribution in [0.5, 0.6) is 5.75 Å². The molecule has 98 valence electrons. The number of fused-ring (bicyclic) bond motifs is 1. The number of pyridine rings is 1. The molecule has 3 heteroatoms. The van der Waals surface area contributed by atoms with Crippen LogP contribution in [0.2, 0.25) is 0 Å². The first-order chi connectivity index (χ1) is 9.38. The number of ether oxygens (including phenoxy) is 1. The Kier molecular flexibility index (Phi) is 3.36. The van der Waals surface area contributed by atoms with Crippen LogP contribution in [0.1, 0.15) is 18.9 Å². The van der Waals surface area contributed by atoms with Crippen molar-refractivity contribution in [2.75, 3.05) is 18.5 Å². The van der Waals surface area contributed by atoms with Crippen LogP contribution in [0.3, 0.4) is 0 Å². The molecular weight excluding hydrogens is 236 g/mol. The number of hydrogen-bond acceptors (Lipinski definition) is 3. The van der Waals surface area contributed by atoms with Crippen molar-refractivity contribution in [2.45, 2.75) is 19.8 Å². The van der Waals surface area contributed by atoms with Gasteiger partial charge in [0.2, 0.25) is 0 Å². The predicted octanol–water partition coefficient (Wildman–Crippen LogP) is 3.51. The maximum atomic E-state index is 5.74. The van der Waals surface area contributed by atoms with Crippen molar-refractivity contribution in [1.29, 1.82) is 0 Å². The average molecular weight is 254 g/mol. The number of nitrogens with zero attached hydrogens (tertiary/aromatic N) is 1. The number of anilines is 1. The van der Waals surface area contributed by atoms with Gasteiger partial charge in [0, 0.05) is 18.5 Å². The molecule has 0 bridgehead atoms. The van der Waals surface area contributed by atoms with Gasteiger partial charge in [0.05, 0.1) is 12.3 Å². The lowest BCUT2D eigenvalue weighted by Crippen LogP contribution is -2.02. The highest BCUT2D eigenvalue weighted by Crippen LogP contribution is 2.36. The monoisotopic (exact) mass is 254 g/mol. The van der Waals surface area contributed by atoms with Gasteiger partial charge in [-0.05, 0) is 30.2 Å². The largest absolute Gasteiger partial charge is 0.492 e. The molecule has 0 saturated heterocycles. The highest BCUT2D eigenvalue weighted by Gasteiger charge is 2.17. The molecule has 2 heterocycles. The fraction of sp³-hybridized carbons (Fsp3) is 0.312. The SMILES string of the molecule is CCCNc1cccc(-c2cccc3c2OCC3)n1. The Morgan fingerprint density at radius 2 is 2.11 bits per heavy atom. The third kappa shape index (κ3) is 2.41. The molecule has 0 fully saturated rings. The summed E-state index contributed by atoms with van der Waals surface area (Å²) in [6.45, 7) is 3.87. The van der Waals surface area contributed by atoms with E-state index in [4.69, 9.17) is 4.74 Å². The maximum absolute atomic E-state index is 5.74. The first kappa shape index (κ1) is 12.0. The van der Waals surface area contributed by atoms with Crippen molar-refractivity contribution < 1.29 is 4.74 Å². The van der Waals surface area contributed by atoms with Crippen molar-refractivity contribution in [3.63, 3.8) is 0 Å². The Morgan fingerprint density at radius 1 is 1.21 bits per heavy atom. The zero-order valence-corrected chi connectivity index (χ0v) is 11.1. The molecule has 1 N–H and O–H groups in total. The minimum Gasteiger partial charge on any atom is -0.492 e. The first-order valence-electron chi connectivity index (χ1n) is 6.84. The highest BCUT2D eigenvalue weighted by molar-refractivity contribution is 5.71. The molecule has 0 atom stereocenters. The number of para-hydroxylation sites is 1. The fourth-order valence-corrected chi connectivity index (χ4v) is 2.35. The summed E-state index contributed by atoms with van der Waals surface area (Å²) in [6.07, 6.45) is 2.09. The van der Waals surface area contributed by atoms with E-state index in [1.165, 1.54) is 5.56 Å². The summed E-state index contributed by atoms with van der Waals surface area (Å²) in [5.41, 5.74) is 3.35. The number of benzene rings is 1. The standard InChI is InChI=1S/C16H18N2O/c1-2-10-17-15-8-4-7-14(18-15)13-6-3-5-12-9-11-19-16(12)13/h3-8H,2,9-11H2,1H3,(H,17,18). The second-order valence-electron chi connectivity index (χ2n) is 4.73. The summed E-state index contributed by atoms with van der Waals surface area (Å²) in [5.74, 6) is 1.93. The van der Waals surface area contributed by atoms with Gasteiger partial charge in [-0.25, -0.2) is 4.98 Å². The lowest BCUT2D eigenvalue weighted by molar-refractivity contribution is 0.358. The quantitative estimate of drug-likeness (QED) is 0.906. The molecule has 1 aromatic carbocycles. The van der Waals surface area contributed by atoms with Gasteiger partial charge in [0.1, 0.15) is 11.6 Å². The van der Waals surface area contributed by atoms with E-state index in [0.29, 0.717) is 0 Å². The average Bonchev–Trinajstić information content (AvgIpc) is 2.93. The van der Waals surface area contributed by atoms with Gasteiger partial charge in [-0.1, -0.05) is 25.1 Å². The fourth-order valence-electron chi connectivity index (χ4n) is 2.35. The third-order valence-corrected chi connectivity index (χ3v) is 3.30. The Hall–Kier alpha value is -2.03. The molecule has 0 radical (unpaired) electrons. The number of nitrogens with one attached hydrogen (secondary N) is 1. The molecular formula is C16H18N2O. The van der Waals surface area contributed by atoms with Crippen LogP contribution in [-0.2, 0) is 6.42 Å². The highest BCUT2D eigenvalue weighted by atomic mass is 16.5. The first-order valence-corrected chi connectivity index (χ1v) is 6.84. The summed E-state index contributed by atoms with van der Waals surface area (Å²) in [4.78, 5) is 4.67. The van der Waals surface area contributed by atoms with Gasteiger partial charge in [-0.2, -0.15) is 0 Å². The number of rotatable bonds is 4. The van der Waals surface area contributed by atoms with Crippen LogP contribution >= 0.6 is 0 Å². The topological polar surface area (TPSA) is 34.1 Å².